The number of halogens is 4. The molecule has 0 saturated carbocycles. The molecule has 180 valence electrons. The van der Waals surface area contributed by atoms with Crippen molar-refractivity contribution in [2.75, 3.05) is 13.3 Å². The molecular formula is C22H19BrF3N3O4S. The molecule has 0 unspecified atom stereocenters. The van der Waals surface area contributed by atoms with Crippen LogP contribution in [0.3, 0.4) is 0 Å². The summed E-state index contributed by atoms with van der Waals surface area (Å²) < 4.78 is 54.7. The molecule has 0 aliphatic carbocycles. The molecule has 0 radical (unpaired) electrons. The van der Waals surface area contributed by atoms with E-state index in [-0.39, 0.29) is 18.4 Å². The average Bonchev–Trinajstić information content (AvgIpc) is 3.38. The molecule has 2 heterocycles. The predicted octanol–water partition coefficient (Wildman–Crippen LogP) is 5.37. The van der Waals surface area contributed by atoms with Crippen LogP contribution in [0.5, 0.6) is 17.2 Å². The van der Waals surface area contributed by atoms with Crippen LogP contribution in [0.1, 0.15) is 13.3 Å². The van der Waals surface area contributed by atoms with E-state index in [2.05, 4.69) is 31.0 Å². The van der Waals surface area contributed by atoms with E-state index >= 15 is 0 Å². The van der Waals surface area contributed by atoms with Gasteiger partial charge in [0.2, 0.25) is 12.7 Å². The van der Waals surface area contributed by atoms with Gasteiger partial charge in [-0.1, -0.05) is 0 Å². The lowest BCUT2D eigenvalue weighted by atomic mass is 10.1. The minimum atomic E-state index is -4.78. The molecule has 12 heteroatoms. The van der Waals surface area contributed by atoms with Gasteiger partial charge in [-0.15, -0.1) is 24.5 Å². The van der Waals surface area contributed by atoms with Crippen molar-refractivity contribution >= 4 is 38.9 Å². The van der Waals surface area contributed by atoms with Gasteiger partial charge in [0.1, 0.15) is 5.75 Å². The number of fused-ring (bicyclic) bond motifs is 1. The zero-order valence-electron chi connectivity index (χ0n) is 17.8. The molecule has 0 atom stereocenters. The van der Waals surface area contributed by atoms with E-state index < -0.39 is 6.36 Å². The number of carbonyl (C=O) groups excluding carboxylic acids is 1. The highest BCUT2D eigenvalue weighted by molar-refractivity contribution is 9.10. The number of nitrogens with zero attached hydrogens (tertiary/aromatic N) is 2. The molecule has 2 aromatic carbocycles. The van der Waals surface area contributed by atoms with Gasteiger partial charge in [0, 0.05) is 35.4 Å². The summed E-state index contributed by atoms with van der Waals surface area (Å²) in [6.45, 7) is 2.67. The maximum absolute atomic E-state index is 12.5. The summed E-state index contributed by atoms with van der Waals surface area (Å²) in [5.74, 6) is 0.872. The van der Waals surface area contributed by atoms with E-state index in [4.69, 9.17) is 9.47 Å². The van der Waals surface area contributed by atoms with E-state index in [0.717, 1.165) is 11.3 Å². The summed E-state index contributed by atoms with van der Waals surface area (Å²) in [4.78, 5) is 16.5. The highest BCUT2D eigenvalue weighted by atomic mass is 79.9. The van der Waals surface area contributed by atoms with Crippen molar-refractivity contribution < 1.29 is 32.2 Å². The summed E-state index contributed by atoms with van der Waals surface area (Å²) in [5.41, 5.74) is 2.23. The van der Waals surface area contributed by atoms with Crippen LogP contribution >= 0.6 is 27.3 Å². The number of hydrogen-bond donors (Lipinski definition) is 1. The number of hydrogen-bond acceptors (Lipinski definition) is 6. The smallest absolute Gasteiger partial charge is 0.454 e. The number of rotatable bonds is 7. The topological polar surface area (TPSA) is 74.1 Å². The molecule has 3 aromatic rings. The van der Waals surface area contributed by atoms with E-state index in [9.17, 15) is 18.0 Å². The molecule has 1 N–H and O–H groups in total. The first-order valence-corrected chi connectivity index (χ1v) is 11.8. The average molecular weight is 558 g/mol. The third kappa shape index (κ3) is 5.92. The number of alkyl halides is 3. The molecule has 0 saturated heterocycles. The number of amides is 1. The highest BCUT2D eigenvalue weighted by Gasteiger charge is 2.31. The first-order valence-electron chi connectivity index (χ1n) is 10.1. The number of carbonyl (C=O) groups is 1. The Bertz CT molecular complexity index is 1270. The van der Waals surface area contributed by atoms with Crippen LogP contribution in [0, 0.1) is 0 Å². The minimum Gasteiger partial charge on any atom is -0.454 e. The molecule has 1 aliphatic rings. The van der Waals surface area contributed by atoms with Gasteiger partial charge in [-0.05, 0) is 58.7 Å². The van der Waals surface area contributed by atoms with Crippen LogP contribution in [-0.2, 0) is 11.3 Å². The Hall–Kier alpha value is -2.99. The summed E-state index contributed by atoms with van der Waals surface area (Å²) in [6, 6.07) is 9.53. The number of ether oxygens (including phenoxy) is 3. The highest BCUT2D eigenvalue weighted by Crippen LogP contribution is 2.36. The zero-order valence-corrected chi connectivity index (χ0v) is 20.2. The van der Waals surface area contributed by atoms with Crippen LogP contribution in [-0.4, -0.2) is 30.2 Å². The SMILES string of the molecule is CC(=O)NCCCn1c(-c2ccc3c(c2)OCO3)cs/c1=N\c1ccc(OC(F)(F)F)cc1Br. The first-order chi connectivity index (χ1) is 16.2. The second-order valence-corrected chi connectivity index (χ2v) is 8.92. The number of thiazole rings is 1. The predicted molar refractivity (Wildman–Crippen MR) is 123 cm³/mol. The summed E-state index contributed by atoms with van der Waals surface area (Å²) >= 11 is 4.67. The second-order valence-electron chi connectivity index (χ2n) is 7.23. The first kappa shape index (κ1) is 24.1. The number of benzene rings is 2. The normalized spacial score (nSPS) is 13.3. The van der Waals surface area contributed by atoms with Gasteiger partial charge in [0.05, 0.1) is 11.4 Å². The van der Waals surface area contributed by atoms with Gasteiger partial charge < -0.3 is 24.1 Å². The Kier molecular flexibility index (Phi) is 7.17. The molecule has 4 rings (SSSR count). The summed E-state index contributed by atoms with van der Waals surface area (Å²) in [7, 11) is 0. The molecule has 0 spiro atoms. The van der Waals surface area contributed by atoms with Crippen molar-refractivity contribution in [1.29, 1.82) is 0 Å². The van der Waals surface area contributed by atoms with E-state index in [1.54, 1.807) is 0 Å². The van der Waals surface area contributed by atoms with Gasteiger partial charge in [0.25, 0.3) is 0 Å². The molecular weight excluding hydrogens is 539 g/mol. The van der Waals surface area contributed by atoms with E-state index in [1.165, 1.54) is 36.5 Å². The largest absolute Gasteiger partial charge is 0.573 e. The molecule has 7 nitrogen and oxygen atoms in total. The maximum atomic E-state index is 12.5. The van der Waals surface area contributed by atoms with Crippen molar-refractivity contribution in [2.45, 2.75) is 26.3 Å². The van der Waals surface area contributed by atoms with Crippen LogP contribution < -0.4 is 24.3 Å². The lowest BCUT2D eigenvalue weighted by Crippen LogP contribution is -2.24. The van der Waals surface area contributed by atoms with Crippen molar-refractivity contribution in [3.05, 3.63) is 51.1 Å². The standard InChI is InChI=1S/C22H19BrF3N3O4S/c1-13(30)27-7-2-8-29-18(14-3-6-19-20(9-14)32-12-31-19)11-34-21(29)28-17-5-4-15(10-16(17)23)33-22(24,25)26/h3-6,9-11H,2,7-8,12H2,1H3,(H,27,30)/b28-21-. The van der Waals surface area contributed by atoms with Crippen molar-refractivity contribution in [2.24, 2.45) is 4.99 Å². The fourth-order valence-electron chi connectivity index (χ4n) is 3.30. The summed E-state index contributed by atoms with van der Waals surface area (Å²) in [6.07, 6.45) is -4.12. The van der Waals surface area contributed by atoms with Crippen LogP contribution in [0.25, 0.3) is 11.3 Å². The molecule has 34 heavy (non-hydrogen) atoms. The fraction of sp³-hybridized carbons (Fsp3) is 0.273. The third-order valence-corrected chi connectivity index (χ3v) is 6.27. The van der Waals surface area contributed by atoms with Crippen LogP contribution in [0.4, 0.5) is 18.9 Å². The quantitative estimate of drug-likeness (QED) is 0.396. The Morgan fingerprint density at radius 1 is 1.24 bits per heavy atom. The number of nitrogens with one attached hydrogen (secondary N) is 1. The Morgan fingerprint density at radius 2 is 2.03 bits per heavy atom. The Balaban J connectivity index is 1.69. The molecule has 1 amide bonds. The van der Waals surface area contributed by atoms with Crippen molar-refractivity contribution in [1.82, 2.24) is 9.88 Å². The maximum Gasteiger partial charge on any atom is 0.573 e. The van der Waals surface area contributed by atoms with Gasteiger partial charge >= 0.3 is 6.36 Å². The van der Waals surface area contributed by atoms with Gasteiger partial charge in [-0.3, -0.25) is 4.79 Å². The molecule has 1 aromatic heterocycles. The van der Waals surface area contributed by atoms with Crippen LogP contribution in [0.15, 0.2) is 51.2 Å². The van der Waals surface area contributed by atoms with E-state index in [0.29, 0.717) is 46.0 Å². The lowest BCUT2D eigenvalue weighted by Gasteiger charge is -2.11. The summed E-state index contributed by atoms with van der Waals surface area (Å²) in [5, 5.41) is 4.72. The zero-order chi connectivity index (χ0) is 24.3. The monoisotopic (exact) mass is 557 g/mol. The molecule has 0 fully saturated rings. The van der Waals surface area contributed by atoms with E-state index in [1.807, 2.05) is 28.1 Å². The van der Waals surface area contributed by atoms with Crippen molar-refractivity contribution in [3.63, 3.8) is 0 Å². The minimum absolute atomic E-state index is 0.110. The Labute approximate surface area is 204 Å². The van der Waals surface area contributed by atoms with Crippen LogP contribution in [0.2, 0.25) is 0 Å². The molecule has 0 bridgehead atoms. The second kappa shape index (κ2) is 10.1. The third-order valence-electron chi connectivity index (χ3n) is 4.77. The fourth-order valence-corrected chi connectivity index (χ4v) is 4.70. The lowest BCUT2D eigenvalue weighted by molar-refractivity contribution is -0.274. The molecule has 1 aliphatic heterocycles. The van der Waals surface area contributed by atoms with Gasteiger partial charge in [-0.25, -0.2) is 4.99 Å². The van der Waals surface area contributed by atoms with Crippen molar-refractivity contribution in [3.8, 4) is 28.5 Å². The number of aromatic nitrogens is 1. The van der Waals surface area contributed by atoms with Gasteiger partial charge in [0.15, 0.2) is 16.3 Å². The van der Waals surface area contributed by atoms with Gasteiger partial charge in [-0.2, -0.15) is 0 Å². The Morgan fingerprint density at radius 3 is 2.76 bits per heavy atom.